The lowest BCUT2D eigenvalue weighted by molar-refractivity contribution is -0.121. The van der Waals surface area contributed by atoms with E-state index in [1.807, 2.05) is 25.1 Å². The standard InChI is InChI=1S/C21H30N4O2/c1-16-23-18-6-5-17(13-19(18)24-16)14-20(26)22-15-21(7-3-2-4-8-21)25-9-11-27-12-10-25/h5-6,13H,2-4,7-12,14-15H2,1H3,(H,22,26)(H,23,24). The van der Waals surface area contributed by atoms with Crippen LogP contribution in [0.15, 0.2) is 18.2 Å². The smallest absolute Gasteiger partial charge is 0.224 e. The van der Waals surface area contributed by atoms with E-state index in [1.54, 1.807) is 0 Å². The van der Waals surface area contributed by atoms with Crippen LogP contribution in [0.4, 0.5) is 0 Å². The van der Waals surface area contributed by atoms with Crippen LogP contribution in [0.2, 0.25) is 0 Å². The Hall–Kier alpha value is -1.92. The van der Waals surface area contributed by atoms with Crippen molar-refractivity contribution in [2.75, 3.05) is 32.8 Å². The third kappa shape index (κ3) is 4.17. The predicted molar refractivity (Wildman–Crippen MR) is 106 cm³/mol. The number of aromatic amines is 1. The lowest BCUT2D eigenvalue weighted by atomic mass is 9.79. The lowest BCUT2D eigenvalue weighted by Gasteiger charge is -2.48. The molecule has 2 aromatic rings. The quantitative estimate of drug-likeness (QED) is 0.849. The third-order valence-electron chi connectivity index (χ3n) is 6.11. The number of nitrogens with zero attached hydrogens (tertiary/aromatic N) is 2. The van der Waals surface area contributed by atoms with Gasteiger partial charge in [0.25, 0.3) is 0 Å². The highest BCUT2D eigenvalue weighted by molar-refractivity contribution is 5.81. The highest BCUT2D eigenvalue weighted by atomic mass is 16.5. The van der Waals surface area contributed by atoms with Gasteiger partial charge in [0.1, 0.15) is 5.82 Å². The molecule has 1 aliphatic heterocycles. The number of fused-ring (bicyclic) bond motifs is 1. The molecule has 27 heavy (non-hydrogen) atoms. The zero-order chi connectivity index (χ0) is 18.7. The summed E-state index contributed by atoms with van der Waals surface area (Å²) in [6, 6.07) is 6.02. The molecule has 2 fully saturated rings. The Bertz CT molecular complexity index is 789. The van der Waals surface area contributed by atoms with Crippen LogP contribution in [0.1, 0.15) is 43.5 Å². The topological polar surface area (TPSA) is 70.2 Å². The van der Waals surface area contributed by atoms with E-state index in [4.69, 9.17) is 4.74 Å². The largest absolute Gasteiger partial charge is 0.379 e. The number of amides is 1. The fraction of sp³-hybridized carbons (Fsp3) is 0.619. The second kappa shape index (κ2) is 7.98. The predicted octanol–water partition coefficient (Wildman–Crippen LogP) is 2.57. The van der Waals surface area contributed by atoms with Crippen LogP contribution in [0.25, 0.3) is 11.0 Å². The van der Waals surface area contributed by atoms with Crippen molar-refractivity contribution in [3.63, 3.8) is 0 Å². The fourth-order valence-corrected chi connectivity index (χ4v) is 4.66. The highest BCUT2D eigenvalue weighted by Crippen LogP contribution is 2.33. The van der Waals surface area contributed by atoms with Gasteiger partial charge in [0.2, 0.25) is 5.91 Å². The first-order valence-electron chi connectivity index (χ1n) is 10.2. The molecule has 1 amide bonds. The van der Waals surface area contributed by atoms with E-state index in [0.717, 1.165) is 55.3 Å². The second-order valence-electron chi connectivity index (χ2n) is 8.01. The Morgan fingerprint density at radius 2 is 2.04 bits per heavy atom. The Morgan fingerprint density at radius 1 is 1.26 bits per heavy atom. The Balaban J connectivity index is 1.39. The first-order chi connectivity index (χ1) is 13.1. The summed E-state index contributed by atoms with van der Waals surface area (Å²) in [7, 11) is 0. The number of aromatic nitrogens is 2. The molecule has 0 atom stereocenters. The van der Waals surface area contributed by atoms with Crippen LogP contribution in [0.5, 0.6) is 0 Å². The van der Waals surface area contributed by atoms with E-state index in [9.17, 15) is 4.79 Å². The molecule has 146 valence electrons. The van der Waals surface area contributed by atoms with E-state index in [2.05, 4.69) is 20.2 Å². The Morgan fingerprint density at radius 3 is 2.81 bits per heavy atom. The van der Waals surface area contributed by atoms with Crippen molar-refractivity contribution in [1.82, 2.24) is 20.2 Å². The van der Waals surface area contributed by atoms with Crippen molar-refractivity contribution >= 4 is 16.9 Å². The van der Waals surface area contributed by atoms with Gasteiger partial charge in [-0.2, -0.15) is 0 Å². The number of benzene rings is 1. The Kier molecular flexibility index (Phi) is 5.45. The van der Waals surface area contributed by atoms with E-state index in [-0.39, 0.29) is 11.4 Å². The number of carbonyl (C=O) groups excluding carboxylic acids is 1. The summed E-state index contributed by atoms with van der Waals surface area (Å²) in [5, 5.41) is 3.25. The molecule has 0 unspecified atom stereocenters. The summed E-state index contributed by atoms with van der Waals surface area (Å²) in [6.45, 7) is 6.26. The van der Waals surface area contributed by atoms with Crippen molar-refractivity contribution in [3.8, 4) is 0 Å². The number of hydrogen-bond acceptors (Lipinski definition) is 4. The maximum Gasteiger partial charge on any atom is 0.224 e. The molecule has 4 rings (SSSR count). The fourth-order valence-electron chi connectivity index (χ4n) is 4.66. The second-order valence-corrected chi connectivity index (χ2v) is 8.01. The van der Waals surface area contributed by atoms with Crippen molar-refractivity contribution in [2.45, 2.75) is 51.0 Å². The molecule has 2 heterocycles. The van der Waals surface area contributed by atoms with Crippen LogP contribution in [0.3, 0.4) is 0 Å². The van der Waals surface area contributed by atoms with Gasteiger partial charge in [-0.25, -0.2) is 4.98 Å². The summed E-state index contributed by atoms with van der Waals surface area (Å²) in [5.41, 5.74) is 3.08. The molecular weight excluding hydrogens is 340 g/mol. The van der Waals surface area contributed by atoms with Gasteiger partial charge in [0, 0.05) is 25.2 Å². The molecule has 0 bridgehead atoms. The summed E-state index contributed by atoms with van der Waals surface area (Å²) in [4.78, 5) is 22.9. The normalized spacial score (nSPS) is 20.6. The summed E-state index contributed by atoms with van der Waals surface area (Å²) in [6.07, 6.45) is 6.57. The zero-order valence-electron chi connectivity index (χ0n) is 16.2. The zero-order valence-corrected chi connectivity index (χ0v) is 16.2. The van der Waals surface area contributed by atoms with Crippen LogP contribution < -0.4 is 5.32 Å². The molecule has 2 aliphatic rings. The van der Waals surface area contributed by atoms with Crippen molar-refractivity contribution in [1.29, 1.82) is 0 Å². The van der Waals surface area contributed by atoms with E-state index in [1.165, 1.54) is 32.1 Å². The number of carbonyl (C=O) groups is 1. The van der Waals surface area contributed by atoms with Gasteiger partial charge in [-0.3, -0.25) is 9.69 Å². The van der Waals surface area contributed by atoms with Gasteiger partial charge in [-0.15, -0.1) is 0 Å². The number of hydrogen-bond donors (Lipinski definition) is 2. The maximum absolute atomic E-state index is 12.6. The van der Waals surface area contributed by atoms with Crippen LogP contribution in [0, 0.1) is 6.92 Å². The molecule has 1 saturated carbocycles. The molecule has 1 aliphatic carbocycles. The first-order valence-corrected chi connectivity index (χ1v) is 10.2. The Labute approximate surface area is 160 Å². The number of H-pyrrole nitrogens is 1. The van der Waals surface area contributed by atoms with Crippen LogP contribution in [-0.4, -0.2) is 59.2 Å². The molecule has 6 heteroatoms. The monoisotopic (exact) mass is 370 g/mol. The van der Waals surface area contributed by atoms with Crippen molar-refractivity contribution in [3.05, 3.63) is 29.6 Å². The average Bonchev–Trinajstić information content (AvgIpc) is 3.07. The molecule has 2 N–H and O–H groups in total. The highest BCUT2D eigenvalue weighted by Gasteiger charge is 2.38. The van der Waals surface area contributed by atoms with Gasteiger partial charge in [-0.1, -0.05) is 25.3 Å². The van der Waals surface area contributed by atoms with Gasteiger partial charge in [0.15, 0.2) is 0 Å². The van der Waals surface area contributed by atoms with E-state index < -0.39 is 0 Å². The van der Waals surface area contributed by atoms with Gasteiger partial charge >= 0.3 is 0 Å². The number of ether oxygens (including phenoxy) is 1. The van der Waals surface area contributed by atoms with E-state index >= 15 is 0 Å². The third-order valence-corrected chi connectivity index (χ3v) is 6.11. The first kappa shape index (κ1) is 18.4. The summed E-state index contributed by atoms with van der Waals surface area (Å²) >= 11 is 0. The molecule has 0 spiro atoms. The maximum atomic E-state index is 12.6. The SMILES string of the molecule is Cc1nc2ccc(CC(=O)NCC3(N4CCOCC4)CCCCC3)cc2[nH]1. The molecule has 1 saturated heterocycles. The lowest BCUT2D eigenvalue weighted by Crippen LogP contribution is -2.59. The number of rotatable bonds is 5. The average molecular weight is 370 g/mol. The van der Waals surface area contributed by atoms with Crippen molar-refractivity contribution < 1.29 is 9.53 Å². The minimum atomic E-state index is 0.101. The molecule has 0 radical (unpaired) electrons. The minimum absolute atomic E-state index is 0.101. The number of imidazole rings is 1. The molecular formula is C21H30N4O2. The molecule has 1 aromatic heterocycles. The number of aryl methyl sites for hydroxylation is 1. The molecule has 1 aromatic carbocycles. The van der Waals surface area contributed by atoms with Gasteiger partial charge in [-0.05, 0) is 37.5 Å². The van der Waals surface area contributed by atoms with E-state index in [0.29, 0.717) is 6.42 Å². The number of morpholine rings is 1. The van der Waals surface area contributed by atoms with Gasteiger partial charge in [0.05, 0.1) is 30.7 Å². The van der Waals surface area contributed by atoms with Crippen LogP contribution >= 0.6 is 0 Å². The van der Waals surface area contributed by atoms with Gasteiger partial charge < -0.3 is 15.0 Å². The summed E-state index contributed by atoms with van der Waals surface area (Å²) < 4.78 is 5.54. The summed E-state index contributed by atoms with van der Waals surface area (Å²) in [5.74, 6) is 1.00. The minimum Gasteiger partial charge on any atom is -0.379 e. The molecule has 6 nitrogen and oxygen atoms in total. The number of nitrogens with one attached hydrogen (secondary N) is 2. The van der Waals surface area contributed by atoms with Crippen molar-refractivity contribution in [2.24, 2.45) is 0 Å². The van der Waals surface area contributed by atoms with Crippen LogP contribution in [-0.2, 0) is 16.0 Å².